The zero-order valence-corrected chi connectivity index (χ0v) is 19.4. The summed E-state index contributed by atoms with van der Waals surface area (Å²) >= 11 is 0. The van der Waals surface area contributed by atoms with E-state index in [2.05, 4.69) is 5.32 Å². The smallest absolute Gasteiger partial charge is 0.244 e. The highest BCUT2D eigenvalue weighted by Crippen LogP contribution is 2.27. The predicted molar refractivity (Wildman–Crippen MR) is 122 cm³/mol. The van der Waals surface area contributed by atoms with Crippen LogP contribution in [0.3, 0.4) is 0 Å². The molecule has 1 N–H and O–H groups in total. The number of amides is 1. The molecule has 0 aliphatic heterocycles. The monoisotopic (exact) mass is 432 g/mol. The van der Waals surface area contributed by atoms with Gasteiger partial charge in [-0.05, 0) is 62.9 Å². The van der Waals surface area contributed by atoms with E-state index >= 15 is 0 Å². The number of para-hydroxylation sites is 1. The topological polar surface area (TPSA) is 75.7 Å². The highest BCUT2D eigenvalue weighted by atomic mass is 32.2. The molecule has 2 rings (SSSR count). The Kier molecular flexibility index (Phi) is 7.89. The minimum absolute atomic E-state index is 0.286. The summed E-state index contributed by atoms with van der Waals surface area (Å²) in [5, 5.41) is 2.91. The maximum atomic E-state index is 13.0. The van der Waals surface area contributed by atoms with Crippen molar-refractivity contribution in [1.29, 1.82) is 0 Å². The summed E-state index contributed by atoms with van der Waals surface area (Å²) in [6.45, 7) is 9.63. The van der Waals surface area contributed by atoms with Crippen molar-refractivity contribution in [2.24, 2.45) is 0 Å². The van der Waals surface area contributed by atoms with Gasteiger partial charge in [-0.25, -0.2) is 8.42 Å². The van der Waals surface area contributed by atoms with Gasteiger partial charge in [-0.15, -0.1) is 0 Å². The molecule has 0 fully saturated rings. The van der Waals surface area contributed by atoms with Gasteiger partial charge in [0.2, 0.25) is 15.9 Å². The second-order valence-corrected chi connectivity index (χ2v) is 9.62. The third-order valence-corrected chi connectivity index (χ3v) is 6.07. The van der Waals surface area contributed by atoms with Crippen LogP contribution in [0.2, 0.25) is 0 Å². The average molecular weight is 433 g/mol. The van der Waals surface area contributed by atoms with Crippen LogP contribution in [0.5, 0.6) is 5.75 Å². The highest BCUT2D eigenvalue weighted by molar-refractivity contribution is 7.92. The van der Waals surface area contributed by atoms with Crippen molar-refractivity contribution in [2.75, 3.05) is 17.2 Å². The molecular formula is C23H32N2O4S. The van der Waals surface area contributed by atoms with Gasteiger partial charge in [-0.1, -0.05) is 37.3 Å². The highest BCUT2D eigenvalue weighted by Gasteiger charge is 2.33. The van der Waals surface area contributed by atoms with Crippen molar-refractivity contribution < 1.29 is 17.9 Å². The number of carbonyl (C=O) groups excluding carboxylic acids is 1. The first-order valence-corrected chi connectivity index (χ1v) is 11.9. The summed E-state index contributed by atoms with van der Waals surface area (Å²) in [5.41, 5.74) is 3.27. The maximum Gasteiger partial charge on any atom is 0.244 e. The molecular weight excluding hydrogens is 400 g/mol. The largest absolute Gasteiger partial charge is 0.491 e. The van der Waals surface area contributed by atoms with Crippen LogP contribution in [0.1, 0.15) is 37.0 Å². The summed E-state index contributed by atoms with van der Waals surface area (Å²) in [6, 6.07) is 12.1. The van der Waals surface area contributed by atoms with Crippen molar-refractivity contribution >= 4 is 21.6 Å². The van der Waals surface area contributed by atoms with Gasteiger partial charge in [-0.2, -0.15) is 0 Å². The van der Waals surface area contributed by atoms with Gasteiger partial charge < -0.3 is 10.1 Å². The number of ether oxygens (including phenoxy) is 1. The number of anilines is 1. The lowest BCUT2D eigenvalue weighted by molar-refractivity contribution is -0.123. The molecule has 2 atom stereocenters. The van der Waals surface area contributed by atoms with E-state index in [4.69, 9.17) is 4.74 Å². The first-order chi connectivity index (χ1) is 14.0. The van der Waals surface area contributed by atoms with Gasteiger partial charge in [0.15, 0.2) is 0 Å². The van der Waals surface area contributed by atoms with E-state index in [0.717, 1.165) is 28.7 Å². The number of benzene rings is 2. The molecule has 6 nitrogen and oxygen atoms in total. The quantitative estimate of drug-likeness (QED) is 0.655. The summed E-state index contributed by atoms with van der Waals surface area (Å²) in [7, 11) is -3.67. The minimum Gasteiger partial charge on any atom is -0.491 e. The molecule has 0 heterocycles. The van der Waals surface area contributed by atoms with Gasteiger partial charge in [0.1, 0.15) is 18.4 Å². The molecule has 1 amide bonds. The van der Waals surface area contributed by atoms with Gasteiger partial charge in [-0.3, -0.25) is 9.10 Å². The van der Waals surface area contributed by atoms with Crippen LogP contribution in [0.4, 0.5) is 5.69 Å². The number of aryl methyl sites for hydroxylation is 3. The van der Waals surface area contributed by atoms with Crippen LogP contribution < -0.4 is 14.4 Å². The molecule has 0 spiro atoms. The van der Waals surface area contributed by atoms with E-state index in [0.29, 0.717) is 12.1 Å². The van der Waals surface area contributed by atoms with Crippen LogP contribution in [0, 0.1) is 20.8 Å². The lowest BCUT2D eigenvalue weighted by atomic mass is 10.1. The van der Waals surface area contributed by atoms with E-state index in [9.17, 15) is 13.2 Å². The molecule has 0 aliphatic rings. The molecule has 30 heavy (non-hydrogen) atoms. The predicted octanol–water partition coefficient (Wildman–Crippen LogP) is 3.74. The summed E-state index contributed by atoms with van der Waals surface area (Å²) in [4.78, 5) is 13.0. The number of rotatable bonds is 9. The van der Waals surface area contributed by atoms with Crippen molar-refractivity contribution in [3.05, 3.63) is 59.2 Å². The number of sulfonamides is 1. The molecule has 2 aromatic rings. The molecule has 164 valence electrons. The van der Waals surface area contributed by atoms with Gasteiger partial charge in [0.05, 0.1) is 18.0 Å². The van der Waals surface area contributed by atoms with E-state index in [1.54, 1.807) is 6.07 Å². The second kappa shape index (κ2) is 9.98. The molecule has 0 bridgehead atoms. The van der Waals surface area contributed by atoms with Crippen LogP contribution in [0.25, 0.3) is 0 Å². The number of nitrogens with zero attached hydrogens (tertiary/aromatic N) is 1. The Morgan fingerprint density at radius 3 is 2.37 bits per heavy atom. The van der Waals surface area contributed by atoms with E-state index in [1.165, 1.54) is 4.31 Å². The Morgan fingerprint density at radius 1 is 1.10 bits per heavy atom. The van der Waals surface area contributed by atoms with E-state index < -0.39 is 16.1 Å². The fourth-order valence-electron chi connectivity index (χ4n) is 3.31. The second-order valence-electron chi connectivity index (χ2n) is 7.76. The Hall–Kier alpha value is -2.54. The van der Waals surface area contributed by atoms with E-state index in [1.807, 2.05) is 71.0 Å². The number of hydrogen-bond acceptors (Lipinski definition) is 4. The summed E-state index contributed by atoms with van der Waals surface area (Å²) < 4.78 is 32.4. The van der Waals surface area contributed by atoms with Crippen LogP contribution in [0.15, 0.2) is 42.5 Å². The normalized spacial score (nSPS) is 13.4. The summed E-state index contributed by atoms with van der Waals surface area (Å²) in [5.74, 6) is 0.420. The zero-order valence-electron chi connectivity index (χ0n) is 18.6. The number of carbonyl (C=O) groups is 1. The summed E-state index contributed by atoms with van der Waals surface area (Å²) in [6.07, 6.45) is 1.48. The first-order valence-electron chi connectivity index (χ1n) is 10.1. The molecule has 0 aliphatic carbocycles. The van der Waals surface area contributed by atoms with Crippen LogP contribution in [-0.2, 0) is 14.8 Å². The fraction of sp³-hybridized carbons (Fsp3) is 0.435. The van der Waals surface area contributed by atoms with Gasteiger partial charge in [0, 0.05) is 0 Å². The number of nitrogens with one attached hydrogen (secondary N) is 1. The lowest BCUT2D eigenvalue weighted by Crippen LogP contribution is -2.52. The molecule has 2 aromatic carbocycles. The Labute approximate surface area is 180 Å². The molecule has 0 radical (unpaired) electrons. The van der Waals surface area contributed by atoms with Crippen LogP contribution in [-0.4, -0.2) is 39.3 Å². The maximum absolute atomic E-state index is 13.0. The third kappa shape index (κ3) is 5.98. The van der Waals surface area contributed by atoms with Crippen molar-refractivity contribution in [1.82, 2.24) is 5.32 Å². The standard InChI is InChI=1S/C23H32N2O4S/c1-7-20(25(30(6,27)28)21-14-16(2)12-13-17(21)3)23(26)24-19(5)15-29-22-11-9-8-10-18(22)4/h8-14,19-20H,7,15H2,1-6H3,(H,24,26)/t19-,20+/m0/s1. The minimum atomic E-state index is -3.67. The molecule has 0 unspecified atom stereocenters. The Balaban J connectivity index is 2.19. The fourth-order valence-corrected chi connectivity index (χ4v) is 4.57. The SMILES string of the molecule is CC[C@H](C(=O)N[C@@H](C)COc1ccccc1C)N(c1cc(C)ccc1C)S(C)(=O)=O. The molecule has 7 heteroatoms. The van der Waals surface area contributed by atoms with Crippen molar-refractivity contribution in [3.63, 3.8) is 0 Å². The zero-order chi connectivity index (χ0) is 22.5. The van der Waals surface area contributed by atoms with E-state index in [-0.39, 0.29) is 18.6 Å². The van der Waals surface area contributed by atoms with Gasteiger partial charge in [0.25, 0.3) is 0 Å². The van der Waals surface area contributed by atoms with Crippen LogP contribution >= 0.6 is 0 Å². The van der Waals surface area contributed by atoms with Crippen molar-refractivity contribution in [3.8, 4) is 5.75 Å². The molecule has 0 saturated heterocycles. The third-order valence-electron chi connectivity index (χ3n) is 4.90. The van der Waals surface area contributed by atoms with Gasteiger partial charge >= 0.3 is 0 Å². The first kappa shape index (κ1) is 23.7. The van der Waals surface area contributed by atoms with Crippen molar-refractivity contribution in [2.45, 2.75) is 53.1 Å². The Bertz CT molecular complexity index is 988. The number of hydrogen-bond donors (Lipinski definition) is 1. The average Bonchev–Trinajstić information content (AvgIpc) is 2.66. The molecule has 0 aromatic heterocycles. The molecule has 0 saturated carbocycles. The lowest BCUT2D eigenvalue weighted by Gasteiger charge is -2.32. The Morgan fingerprint density at radius 2 is 1.77 bits per heavy atom.